The van der Waals surface area contributed by atoms with Crippen LogP contribution in [0.15, 0.2) is 24.3 Å². The number of nitrogens with zero attached hydrogens (tertiary/aromatic N) is 1. The Morgan fingerprint density at radius 2 is 1.86 bits per heavy atom. The molecule has 0 aliphatic rings. The Kier molecular flexibility index (Phi) is 7.37. The second kappa shape index (κ2) is 8.54. The zero-order valence-corrected chi connectivity index (χ0v) is 13.7. The van der Waals surface area contributed by atoms with E-state index >= 15 is 0 Å². The number of rotatable bonds is 9. The fourth-order valence-corrected chi connectivity index (χ4v) is 3.64. The van der Waals surface area contributed by atoms with Crippen LogP contribution in [0, 0.1) is 5.82 Å². The highest BCUT2D eigenvalue weighted by Crippen LogP contribution is 2.20. The lowest BCUT2D eigenvalue weighted by Crippen LogP contribution is -2.28. The summed E-state index contributed by atoms with van der Waals surface area (Å²) in [6.07, 6.45) is 0.916. The van der Waals surface area contributed by atoms with E-state index in [1.807, 2.05) is 0 Å². The van der Waals surface area contributed by atoms with Gasteiger partial charge in [0.1, 0.15) is 5.82 Å². The molecule has 0 heterocycles. The molecule has 1 aromatic rings. The van der Waals surface area contributed by atoms with Gasteiger partial charge in [-0.3, -0.25) is 4.21 Å². The van der Waals surface area contributed by atoms with Gasteiger partial charge in [0.05, 0.1) is 5.25 Å². The molecular weight excluding hydrogens is 336 g/mol. The van der Waals surface area contributed by atoms with Crippen molar-refractivity contribution < 1.29 is 25.5 Å². The standard InChI is InChI=1S/C13H19F2NO4S2/c1-2-4-13(22(15,19)20)5-3-10-16(21(17)18)12-8-6-11(14)7-9-12/h6-9,13H,2-5,10H2,1H3,(H,17,18)/p-1. The summed E-state index contributed by atoms with van der Waals surface area (Å²) in [4.78, 5) is 0. The van der Waals surface area contributed by atoms with E-state index in [2.05, 4.69) is 0 Å². The van der Waals surface area contributed by atoms with Crippen molar-refractivity contribution in [2.24, 2.45) is 0 Å². The van der Waals surface area contributed by atoms with Crippen LogP contribution in [0.2, 0.25) is 0 Å². The van der Waals surface area contributed by atoms with Crippen molar-refractivity contribution in [3.05, 3.63) is 30.1 Å². The number of hydrogen-bond acceptors (Lipinski definition) is 4. The number of anilines is 1. The monoisotopic (exact) mass is 354 g/mol. The Hall–Kier alpha value is -1.06. The molecule has 1 rings (SSSR count). The average molecular weight is 354 g/mol. The van der Waals surface area contributed by atoms with E-state index < -0.39 is 32.6 Å². The van der Waals surface area contributed by atoms with Crippen LogP contribution in [-0.2, 0) is 21.5 Å². The van der Waals surface area contributed by atoms with Crippen molar-refractivity contribution in [1.29, 1.82) is 0 Å². The summed E-state index contributed by atoms with van der Waals surface area (Å²) in [5.41, 5.74) is 0.268. The van der Waals surface area contributed by atoms with Crippen LogP contribution < -0.4 is 4.31 Å². The number of halogens is 2. The largest absolute Gasteiger partial charge is 0.755 e. The maximum absolute atomic E-state index is 13.1. The molecule has 0 saturated carbocycles. The summed E-state index contributed by atoms with van der Waals surface area (Å²) in [7, 11) is -4.64. The first-order chi connectivity index (χ1) is 10.3. The quantitative estimate of drug-likeness (QED) is 0.504. The van der Waals surface area contributed by atoms with Gasteiger partial charge in [-0.05, 0) is 43.5 Å². The van der Waals surface area contributed by atoms with Crippen LogP contribution in [0.5, 0.6) is 0 Å². The molecule has 0 aliphatic heterocycles. The second-order valence-corrected chi connectivity index (χ2v) is 7.32. The first kappa shape index (κ1) is 19.0. The molecule has 2 unspecified atom stereocenters. The molecule has 0 aliphatic carbocycles. The minimum Gasteiger partial charge on any atom is -0.755 e. The van der Waals surface area contributed by atoms with Crippen LogP contribution in [0.3, 0.4) is 0 Å². The zero-order valence-electron chi connectivity index (χ0n) is 12.1. The third kappa shape index (κ3) is 5.98. The molecule has 0 bridgehead atoms. The smallest absolute Gasteiger partial charge is 0.305 e. The predicted octanol–water partition coefficient (Wildman–Crippen LogP) is 2.67. The van der Waals surface area contributed by atoms with Gasteiger partial charge in [0.2, 0.25) is 0 Å². The van der Waals surface area contributed by atoms with Gasteiger partial charge in [0, 0.05) is 23.5 Å². The fraction of sp³-hybridized carbons (Fsp3) is 0.538. The van der Waals surface area contributed by atoms with E-state index in [-0.39, 0.29) is 31.5 Å². The van der Waals surface area contributed by atoms with E-state index in [0.29, 0.717) is 6.42 Å². The Bertz CT molecular complexity index is 593. The van der Waals surface area contributed by atoms with E-state index in [1.54, 1.807) is 6.92 Å². The van der Waals surface area contributed by atoms with Gasteiger partial charge in [0.15, 0.2) is 0 Å². The highest BCUT2D eigenvalue weighted by molar-refractivity contribution is 7.87. The summed E-state index contributed by atoms with van der Waals surface area (Å²) in [5.74, 6) is -0.494. The molecule has 0 N–H and O–H groups in total. The van der Waals surface area contributed by atoms with E-state index in [0.717, 1.165) is 16.4 Å². The first-order valence-corrected chi connectivity index (χ1v) is 9.29. The summed E-state index contributed by atoms with van der Waals surface area (Å²) in [6, 6.07) is 4.86. The minimum absolute atomic E-state index is 0.00250. The molecule has 2 atom stereocenters. The van der Waals surface area contributed by atoms with Crippen molar-refractivity contribution in [3.8, 4) is 0 Å². The van der Waals surface area contributed by atoms with Gasteiger partial charge in [-0.15, -0.1) is 3.89 Å². The number of hydrogen-bond donors (Lipinski definition) is 0. The third-order valence-electron chi connectivity index (χ3n) is 3.19. The summed E-state index contributed by atoms with van der Waals surface area (Å²) in [6.45, 7) is 1.74. The van der Waals surface area contributed by atoms with Crippen LogP contribution in [0.4, 0.5) is 14.0 Å². The maximum atomic E-state index is 13.1. The molecule has 0 amide bonds. The molecular formula is C13H18F2NO4S2-. The van der Waals surface area contributed by atoms with Crippen LogP contribution in [-0.4, -0.2) is 29.0 Å². The molecule has 22 heavy (non-hydrogen) atoms. The molecule has 0 saturated heterocycles. The SMILES string of the molecule is CCCC(CCCN(c1ccc(F)cc1)S(=O)[O-])S(=O)(=O)F. The second-order valence-electron chi connectivity index (χ2n) is 4.82. The lowest BCUT2D eigenvalue weighted by molar-refractivity contribution is 0.508. The van der Waals surface area contributed by atoms with Gasteiger partial charge in [-0.2, -0.15) is 8.42 Å². The molecule has 9 heteroatoms. The lowest BCUT2D eigenvalue weighted by atomic mass is 10.1. The van der Waals surface area contributed by atoms with Gasteiger partial charge in [-0.25, -0.2) is 4.39 Å². The molecule has 5 nitrogen and oxygen atoms in total. The summed E-state index contributed by atoms with van der Waals surface area (Å²) >= 11 is -2.58. The van der Waals surface area contributed by atoms with E-state index in [9.17, 15) is 25.5 Å². The Labute approximate surface area is 132 Å². The van der Waals surface area contributed by atoms with Gasteiger partial charge in [-0.1, -0.05) is 13.3 Å². The normalized spacial score (nSPS) is 14.5. The average Bonchev–Trinajstić information content (AvgIpc) is 2.42. The van der Waals surface area contributed by atoms with Crippen molar-refractivity contribution in [2.75, 3.05) is 10.8 Å². The molecule has 1 aromatic carbocycles. The molecule has 0 aromatic heterocycles. The molecule has 0 radical (unpaired) electrons. The Balaban J connectivity index is 2.69. The van der Waals surface area contributed by atoms with Crippen molar-refractivity contribution in [2.45, 2.75) is 37.9 Å². The van der Waals surface area contributed by atoms with Gasteiger partial charge >= 0.3 is 10.2 Å². The van der Waals surface area contributed by atoms with E-state index in [4.69, 9.17) is 0 Å². The highest BCUT2D eigenvalue weighted by Gasteiger charge is 2.23. The van der Waals surface area contributed by atoms with Gasteiger partial charge < -0.3 is 8.86 Å². The zero-order chi connectivity index (χ0) is 16.8. The van der Waals surface area contributed by atoms with Crippen molar-refractivity contribution in [1.82, 2.24) is 0 Å². The summed E-state index contributed by atoms with van der Waals surface area (Å²) < 4.78 is 71.3. The number of benzene rings is 1. The van der Waals surface area contributed by atoms with Crippen LogP contribution in [0.25, 0.3) is 0 Å². The highest BCUT2D eigenvalue weighted by atomic mass is 32.3. The fourth-order valence-electron chi connectivity index (χ4n) is 2.11. The van der Waals surface area contributed by atoms with Crippen molar-refractivity contribution >= 4 is 27.2 Å². The molecule has 0 spiro atoms. The Morgan fingerprint density at radius 3 is 2.32 bits per heavy atom. The third-order valence-corrected chi connectivity index (χ3v) is 5.21. The first-order valence-electron chi connectivity index (χ1n) is 6.81. The predicted molar refractivity (Wildman–Crippen MR) is 80.6 cm³/mol. The Morgan fingerprint density at radius 1 is 1.27 bits per heavy atom. The topological polar surface area (TPSA) is 77.5 Å². The van der Waals surface area contributed by atoms with Crippen molar-refractivity contribution in [3.63, 3.8) is 0 Å². The minimum atomic E-state index is -4.64. The van der Waals surface area contributed by atoms with Crippen LogP contribution >= 0.6 is 0 Å². The maximum Gasteiger partial charge on any atom is 0.305 e. The van der Waals surface area contributed by atoms with E-state index in [1.165, 1.54) is 12.1 Å². The molecule has 126 valence electrons. The summed E-state index contributed by atoms with van der Waals surface area (Å²) in [5, 5.41) is -1.12. The lowest BCUT2D eigenvalue weighted by Gasteiger charge is -2.26. The van der Waals surface area contributed by atoms with Crippen LogP contribution in [0.1, 0.15) is 32.6 Å². The molecule has 0 fully saturated rings. The van der Waals surface area contributed by atoms with Gasteiger partial charge in [0.25, 0.3) is 0 Å².